The standard InChI is InChI=1S/C29H37N4S/c1-6-16-32(18-10-17-30(3)4)28-21-24(15-19-33(28)25-11-8-7-9-12-25)22-29-31(5)26-20-23(2)13-14-27(26)34-29/h7-9,11-15,19-22H,6,10,16-18H2,1-5H3/q+1. The van der Waals surface area contributed by atoms with Crippen LogP contribution in [-0.2, 0) is 7.05 Å². The van der Waals surface area contributed by atoms with Crippen molar-refractivity contribution in [1.82, 2.24) is 9.80 Å². The molecule has 1 aliphatic heterocycles. The number of fused-ring (bicyclic) bond motifs is 1. The minimum atomic E-state index is 1.04. The second kappa shape index (κ2) is 11.0. The predicted octanol–water partition coefficient (Wildman–Crippen LogP) is 5.96. The highest BCUT2D eigenvalue weighted by Crippen LogP contribution is 2.29. The molecule has 0 fully saturated rings. The first-order valence-electron chi connectivity index (χ1n) is 12.2. The molecule has 0 unspecified atom stereocenters. The fourth-order valence-electron chi connectivity index (χ4n) is 4.38. The van der Waals surface area contributed by atoms with E-state index in [0.717, 1.165) is 32.5 Å². The van der Waals surface area contributed by atoms with Gasteiger partial charge in [0.15, 0.2) is 0 Å². The van der Waals surface area contributed by atoms with Gasteiger partial charge < -0.3 is 14.7 Å². The van der Waals surface area contributed by atoms with Crippen molar-refractivity contribution in [2.75, 3.05) is 38.6 Å². The molecule has 2 aromatic carbocycles. The smallest absolute Gasteiger partial charge is 0.263 e. The minimum Gasteiger partial charge on any atom is -0.358 e. The maximum atomic E-state index is 2.54. The van der Waals surface area contributed by atoms with Crippen molar-refractivity contribution in [3.63, 3.8) is 0 Å². The van der Waals surface area contributed by atoms with Crippen LogP contribution in [0, 0.1) is 6.92 Å². The quantitative estimate of drug-likeness (QED) is 0.356. The number of para-hydroxylation sites is 1. The zero-order valence-corrected chi connectivity index (χ0v) is 22.0. The highest BCUT2D eigenvalue weighted by Gasteiger charge is 2.21. The van der Waals surface area contributed by atoms with E-state index < -0.39 is 0 Å². The molecule has 4 nitrogen and oxygen atoms in total. The Hall–Kier alpha value is -2.89. The normalized spacial score (nSPS) is 14.9. The molecule has 0 atom stereocenters. The summed E-state index contributed by atoms with van der Waals surface area (Å²) in [5, 5.41) is 1.26. The molecule has 0 radical (unpaired) electrons. The van der Waals surface area contributed by atoms with Crippen LogP contribution < -0.4 is 9.47 Å². The second-order valence-electron chi connectivity index (χ2n) is 9.28. The summed E-state index contributed by atoms with van der Waals surface area (Å²) in [5.41, 5.74) is 5.02. The van der Waals surface area contributed by atoms with Crippen LogP contribution in [0.3, 0.4) is 0 Å². The van der Waals surface area contributed by atoms with Crippen LogP contribution in [0.25, 0.3) is 16.3 Å². The van der Waals surface area contributed by atoms with E-state index >= 15 is 0 Å². The Balaban J connectivity index is 1.71. The van der Waals surface area contributed by atoms with E-state index in [2.05, 4.69) is 127 Å². The first-order chi connectivity index (χ1) is 16.5. The van der Waals surface area contributed by atoms with E-state index in [1.807, 2.05) is 11.3 Å². The molecule has 4 rings (SSSR count). The molecule has 0 aliphatic carbocycles. The van der Waals surface area contributed by atoms with Crippen LogP contribution in [0.15, 0.2) is 78.3 Å². The number of rotatable bonds is 9. The lowest BCUT2D eigenvalue weighted by atomic mass is 10.1. The van der Waals surface area contributed by atoms with Gasteiger partial charge in [0.25, 0.3) is 5.01 Å². The van der Waals surface area contributed by atoms with Crippen molar-refractivity contribution in [2.24, 2.45) is 7.05 Å². The third-order valence-corrected chi connectivity index (χ3v) is 7.32. The van der Waals surface area contributed by atoms with Gasteiger partial charge in [0.05, 0.1) is 0 Å². The highest BCUT2D eigenvalue weighted by atomic mass is 32.1. The molecule has 0 bridgehead atoms. The lowest BCUT2D eigenvalue weighted by molar-refractivity contribution is -0.642. The molecule has 0 spiro atoms. The average molecular weight is 474 g/mol. The first-order valence-corrected chi connectivity index (χ1v) is 13.0. The number of aryl methyl sites for hydroxylation is 2. The minimum absolute atomic E-state index is 1.04. The summed E-state index contributed by atoms with van der Waals surface area (Å²) in [6.07, 6.45) is 11.4. The maximum absolute atomic E-state index is 2.54. The summed E-state index contributed by atoms with van der Waals surface area (Å²) in [6.45, 7) is 7.60. The summed E-state index contributed by atoms with van der Waals surface area (Å²) in [6, 6.07) is 17.4. The van der Waals surface area contributed by atoms with Gasteiger partial charge in [-0.25, -0.2) is 0 Å². The summed E-state index contributed by atoms with van der Waals surface area (Å²) in [5.74, 6) is 1.25. The number of benzene rings is 2. The number of allylic oxidation sites excluding steroid dienone is 3. The first kappa shape index (κ1) is 24.2. The molecule has 5 heteroatoms. The molecular formula is C29H37N4S+. The zero-order valence-electron chi connectivity index (χ0n) is 21.2. The van der Waals surface area contributed by atoms with E-state index in [-0.39, 0.29) is 0 Å². The van der Waals surface area contributed by atoms with Crippen LogP contribution in [0.4, 0.5) is 5.69 Å². The Kier molecular flexibility index (Phi) is 7.86. The second-order valence-corrected chi connectivity index (χ2v) is 10.3. The van der Waals surface area contributed by atoms with E-state index in [1.165, 1.54) is 37.9 Å². The van der Waals surface area contributed by atoms with Gasteiger partial charge in [-0.15, -0.1) is 0 Å². The van der Waals surface area contributed by atoms with E-state index in [9.17, 15) is 0 Å². The Bertz CT molecular complexity index is 1200. The van der Waals surface area contributed by atoms with Gasteiger partial charge in [-0.05, 0) is 81.9 Å². The molecule has 2 heterocycles. The number of hydrogen-bond donors (Lipinski definition) is 0. The van der Waals surface area contributed by atoms with E-state index in [0.29, 0.717) is 0 Å². The number of anilines is 1. The predicted molar refractivity (Wildman–Crippen MR) is 147 cm³/mol. The lowest BCUT2D eigenvalue weighted by Gasteiger charge is -2.36. The molecule has 0 amide bonds. The largest absolute Gasteiger partial charge is 0.358 e. The fraction of sp³-hybridized carbons (Fsp3) is 0.345. The van der Waals surface area contributed by atoms with Gasteiger partial charge in [-0.1, -0.05) is 42.5 Å². The van der Waals surface area contributed by atoms with Crippen LogP contribution in [0.5, 0.6) is 0 Å². The average Bonchev–Trinajstić information content (AvgIpc) is 3.13. The van der Waals surface area contributed by atoms with Crippen LogP contribution in [-0.4, -0.2) is 43.5 Å². The maximum Gasteiger partial charge on any atom is 0.263 e. The molecule has 34 heavy (non-hydrogen) atoms. The van der Waals surface area contributed by atoms with Gasteiger partial charge in [0.1, 0.15) is 17.6 Å². The Morgan fingerprint density at radius 1 is 1.03 bits per heavy atom. The Labute approximate surface area is 208 Å². The number of hydrogen-bond acceptors (Lipinski definition) is 4. The number of nitrogens with zero attached hydrogens (tertiary/aromatic N) is 4. The van der Waals surface area contributed by atoms with Crippen molar-refractivity contribution in [3.05, 3.63) is 88.8 Å². The Morgan fingerprint density at radius 3 is 2.56 bits per heavy atom. The molecule has 3 aromatic rings. The summed E-state index contributed by atoms with van der Waals surface area (Å²) >= 11 is 1.85. The van der Waals surface area contributed by atoms with Gasteiger partial charge in [-0.3, -0.25) is 0 Å². The molecule has 0 N–H and O–H groups in total. The third-order valence-electron chi connectivity index (χ3n) is 6.15. The topological polar surface area (TPSA) is 13.6 Å². The summed E-state index contributed by atoms with van der Waals surface area (Å²) in [4.78, 5) is 7.14. The molecule has 0 saturated heterocycles. The van der Waals surface area contributed by atoms with Crippen molar-refractivity contribution in [1.29, 1.82) is 0 Å². The monoisotopic (exact) mass is 473 g/mol. The number of aromatic nitrogens is 1. The van der Waals surface area contributed by atoms with Crippen LogP contribution >= 0.6 is 11.3 Å². The summed E-state index contributed by atoms with van der Waals surface area (Å²) < 4.78 is 3.64. The van der Waals surface area contributed by atoms with Crippen molar-refractivity contribution in [2.45, 2.75) is 26.7 Å². The third kappa shape index (κ3) is 5.60. The van der Waals surface area contributed by atoms with E-state index in [4.69, 9.17) is 0 Å². The van der Waals surface area contributed by atoms with Crippen LogP contribution in [0.2, 0.25) is 0 Å². The van der Waals surface area contributed by atoms with E-state index in [1.54, 1.807) is 0 Å². The lowest BCUT2D eigenvalue weighted by Crippen LogP contribution is -2.36. The van der Waals surface area contributed by atoms with Crippen LogP contribution in [0.1, 0.15) is 30.3 Å². The fourth-order valence-corrected chi connectivity index (χ4v) is 5.47. The SMILES string of the molecule is CCCN(CCCN(C)C)C1=C/C(=C/c2sc3ccc(C)cc3[n+]2C)C=CN1c1ccccc1. The Morgan fingerprint density at radius 2 is 1.82 bits per heavy atom. The zero-order chi connectivity index (χ0) is 24.1. The van der Waals surface area contributed by atoms with Gasteiger partial charge in [0, 0.05) is 37.1 Å². The molecular weight excluding hydrogens is 436 g/mol. The highest BCUT2D eigenvalue weighted by molar-refractivity contribution is 7.18. The molecule has 178 valence electrons. The van der Waals surface area contributed by atoms with Crippen molar-refractivity contribution < 1.29 is 4.57 Å². The van der Waals surface area contributed by atoms with Crippen molar-refractivity contribution in [3.8, 4) is 0 Å². The molecule has 0 saturated carbocycles. The van der Waals surface area contributed by atoms with Gasteiger partial charge >= 0.3 is 0 Å². The molecule has 1 aliphatic rings. The van der Waals surface area contributed by atoms with Gasteiger partial charge in [-0.2, -0.15) is 4.57 Å². The van der Waals surface area contributed by atoms with Crippen molar-refractivity contribution >= 4 is 33.3 Å². The van der Waals surface area contributed by atoms with Gasteiger partial charge in [0.2, 0.25) is 5.52 Å². The number of thiazole rings is 1. The molecule has 1 aromatic heterocycles. The summed E-state index contributed by atoms with van der Waals surface area (Å²) in [7, 11) is 6.47.